The molecule has 31 heavy (non-hydrogen) atoms. The third-order valence-corrected chi connectivity index (χ3v) is 7.16. The van der Waals surface area contributed by atoms with Gasteiger partial charge >= 0.3 is 0 Å². The number of halogens is 1. The van der Waals surface area contributed by atoms with Crippen molar-refractivity contribution in [3.05, 3.63) is 90.0 Å². The number of rotatable bonds is 7. The zero-order valence-electron chi connectivity index (χ0n) is 17.0. The van der Waals surface area contributed by atoms with Crippen LogP contribution < -0.4 is 4.74 Å². The van der Waals surface area contributed by atoms with Crippen molar-refractivity contribution in [2.45, 2.75) is 18.0 Å². The van der Waals surface area contributed by atoms with E-state index in [0.717, 1.165) is 17.0 Å². The van der Waals surface area contributed by atoms with Gasteiger partial charge in [-0.05, 0) is 42.0 Å². The van der Waals surface area contributed by atoms with E-state index in [0.29, 0.717) is 39.3 Å². The van der Waals surface area contributed by atoms with Crippen LogP contribution in [0.5, 0.6) is 5.75 Å². The number of hydrogen-bond acceptors (Lipinski definition) is 5. The Morgan fingerprint density at radius 3 is 2.29 bits per heavy atom. The first kappa shape index (κ1) is 21.4. The van der Waals surface area contributed by atoms with Crippen molar-refractivity contribution in [1.82, 2.24) is 14.2 Å². The Morgan fingerprint density at radius 2 is 1.61 bits per heavy atom. The SMILES string of the molecule is O=S(=O)(c1ccccc1F)N1CCN(Cc2ccc(OCc3ccccn3)cc2)CC1. The molecule has 0 N–H and O–H groups in total. The maximum atomic E-state index is 14.0. The smallest absolute Gasteiger partial charge is 0.246 e. The molecule has 0 saturated carbocycles. The number of benzene rings is 2. The van der Waals surface area contributed by atoms with Gasteiger partial charge < -0.3 is 4.74 Å². The molecular weight excluding hydrogens is 417 g/mol. The lowest BCUT2D eigenvalue weighted by Crippen LogP contribution is -2.48. The molecule has 8 heteroatoms. The highest BCUT2D eigenvalue weighted by molar-refractivity contribution is 7.89. The molecule has 0 aliphatic carbocycles. The number of nitrogens with zero attached hydrogens (tertiary/aromatic N) is 3. The van der Waals surface area contributed by atoms with Crippen molar-refractivity contribution in [3.8, 4) is 5.75 Å². The fraction of sp³-hybridized carbons (Fsp3) is 0.261. The molecule has 162 valence electrons. The molecule has 0 unspecified atom stereocenters. The molecule has 1 aliphatic heterocycles. The maximum Gasteiger partial charge on any atom is 0.246 e. The zero-order valence-corrected chi connectivity index (χ0v) is 17.8. The van der Waals surface area contributed by atoms with E-state index in [2.05, 4.69) is 9.88 Å². The van der Waals surface area contributed by atoms with Crippen LogP contribution in [0.4, 0.5) is 4.39 Å². The maximum absolute atomic E-state index is 14.0. The highest BCUT2D eigenvalue weighted by Gasteiger charge is 2.30. The molecule has 2 heterocycles. The Balaban J connectivity index is 1.29. The summed E-state index contributed by atoms with van der Waals surface area (Å²) in [4.78, 5) is 6.17. The highest BCUT2D eigenvalue weighted by Crippen LogP contribution is 2.21. The van der Waals surface area contributed by atoms with E-state index in [9.17, 15) is 12.8 Å². The van der Waals surface area contributed by atoms with Crippen LogP contribution in [0, 0.1) is 5.82 Å². The van der Waals surface area contributed by atoms with Gasteiger partial charge in [0.2, 0.25) is 10.0 Å². The summed E-state index contributed by atoms with van der Waals surface area (Å²) in [7, 11) is -3.81. The summed E-state index contributed by atoms with van der Waals surface area (Å²) in [5, 5.41) is 0. The second-order valence-electron chi connectivity index (χ2n) is 7.36. The number of ether oxygens (including phenoxy) is 1. The quantitative estimate of drug-likeness (QED) is 0.563. The van der Waals surface area contributed by atoms with Gasteiger partial charge in [0.1, 0.15) is 23.1 Å². The first-order valence-electron chi connectivity index (χ1n) is 10.1. The highest BCUT2D eigenvalue weighted by atomic mass is 32.2. The Morgan fingerprint density at radius 1 is 0.903 bits per heavy atom. The van der Waals surface area contributed by atoms with Gasteiger partial charge in [0.25, 0.3) is 0 Å². The van der Waals surface area contributed by atoms with Gasteiger partial charge in [-0.15, -0.1) is 0 Å². The van der Waals surface area contributed by atoms with E-state index in [4.69, 9.17) is 4.74 Å². The summed E-state index contributed by atoms with van der Waals surface area (Å²) < 4.78 is 46.5. The van der Waals surface area contributed by atoms with E-state index >= 15 is 0 Å². The summed E-state index contributed by atoms with van der Waals surface area (Å²) in [5.74, 6) is 0.0606. The summed E-state index contributed by atoms with van der Waals surface area (Å²) in [5.41, 5.74) is 1.99. The van der Waals surface area contributed by atoms with Crippen molar-refractivity contribution in [2.24, 2.45) is 0 Å². The van der Waals surface area contributed by atoms with E-state index in [1.807, 2.05) is 42.5 Å². The molecule has 0 spiro atoms. The van der Waals surface area contributed by atoms with Gasteiger partial charge in [-0.3, -0.25) is 9.88 Å². The van der Waals surface area contributed by atoms with Crippen molar-refractivity contribution >= 4 is 10.0 Å². The van der Waals surface area contributed by atoms with Crippen LogP contribution in [0.15, 0.2) is 77.8 Å². The minimum absolute atomic E-state index is 0.259. The summed E-state index contributed by atoms with van der Waals surface area (Å²) in [6.45, 7) is 2.98. The van der Waals surface area contributed by atoms with Crippen LogP contribution in [0.3, 0.4) is 0 Å². The monoisotopic (exact) mass is 441 g/mol. The molecule has 3 aromatic rings. The first-order chi connectivity index (χ1) is 15.0. The third kappa shape index (κ3) is 5.28. The molecule has 0 atom stereocenters. The standard InChI is InChI=1S/C23H24FN3O3S/c24-22-6-1-2-7-23(22)31(28,29)27-15-13-26(14-16-27)17-19-8-10-21(11-9-19)30-18-20-5-3-4-12-25-20/h1-12H,13-18H2. The average molecular weight is 442 g/mol. The first-order valence-corrected chi connectivity index (χ1v) is 11.5. The van der Waals surface area contributed by atoms with Gasteiger partial charge in [-0.1, -0.05) is 30.3 Å². The number of piperazine rings is 1. The van der Waals surface area contributed by atoms with Crippen LogP contribution in [0.25, 0.3) is 0 Å². The Kier molecular flexibility index (Phi) is 6.60. The van der Waals surface area contributed by atoms with Crippen molar-refractivity contribution in [2.75, 3.05) is 26.2 Å². The van der Waals surface area contributed by atoms with E-state index in [-0.39, 0.29) is 4.90 Å². The average Bonchev–Trinajstić information content (AvgIpc) is 2.80. The fourth-order valence-corrected chi connectivity index (χ4v) is 5.00. The summed E-state index contributed by atoms with van der Waals surface area (Å²) in [6, 6.07) is 19.1. The van der Waals surface area contributed by atoms with Crippen LogP contribution in [-0.2, 0) is 23.2 Å². The molecule has 6 nitrogen and oxygen atoms in total. The fourth-order valence-electron chi connectivity index (χ4n) is 3.51. The molecular formula is C23H24FN3O3S. The number of pyridine rings is 1. The van der Waals surface area contributed by atoms with Crippen LogP contribution in [0.2, 0.25) is 0 Å². The topological polar surface area (TPSA) is 62.7 Å². The van der Waals surface area contributed by atoms with Crippen LogP contribution in [-0.4, -0.2) is 48.8 Å². The molecule has 1 aromatic heterocycles. The Bertz CT molecular complexity index is 1100. The zero-order chi connectivity index (χ0) is 21.7. The van der Waals surface area contributed by atoms with E-state index in [1.165, 1.54) is 28.6 Å². The van der Waals surface area contributed by atoms with Crippen molar-refractivity contribution in [1.29, 1.82) is 0 Å². The minimum Gasteiger partial charge on any atom is -0.487 e. The summed E-state index contributed by atoms with van der Waals surface area (Å²) >= 11 is 0. The molecule has 0 radical (unpaired) electrons. The molecule has 0 amide bonds. The van der Waals surface area contributed by atoms with Crippen molar-refractivity contribution in [3.63, 3.8) is 0 Å². The lowest BCUT2D eigenvalue weighted by Gasteiger charge is -2.34. The van der Waals surface area contributed by atoms with E-state index < -0.39 is 15.8 Å². The minimum atomic E-state index is -3.81. The number of hydrogen-bond donors (Lipinski definition) is 0. The molecule has 1 fully saturated rings. The molecule has 0 bridgehead atoms. The molecule has 4 rings (SSSR count). The van der Waals surface area contributed by atoms with Crippen LogP contribution >= 0.6 is 0 Å². The molecule has 1 saturated heterocycles. The predicted octanol–water partition coefficient (Wildman–Crippen LogP) is 3.31. The van der Waals surface area contributed by atoms with Crippen LogP contribution in [0.1, 0.15) is 11.3 Å². The van der Waals surface area contributed by atoms with Gasteiger partial charge in [-0.2, -0.15) is 4.31 Å². The third-order valence-electron chi connectivity index (χ3n) is 5.23. The summed E-state index contributed by atoms with van der Waals surface area (Å²) in [6.07, 6.45) is 1.74. The second kappa shape index (κ2) is 9.55. The molecule has 2 aromatic carbocycles. The lowest BCUT2D eigenvalue weighted by molar-refractivity contribution is 0.181. The van der Waals surface area contributed by atoms with Crippen molar-refractivity contribution < 1.29 is 17.5 Å². The van der Waals surface area contributed by atoms with Gasteiger partial charge in [0.05, 0.1) is 5.69 Å². The number of aromatic nitrogens is 1. The van der Waals surface area contributed by atoms with E-state index in [1.54, 1.807) is 6.20 Å². The second-order valence-corrected chi connectivity index (χ2v) is 9.27. The lowest BCUT2D eigenvalue weighted by atomic mass is 10.2. The Labute approximate surface area is 182 Å². The largest absolute Gasteiger partial charge is 0.487 e. The van der Waals surface area contributed by atoms with Gasteiger partial charge in [-0.25, -0.2) is 12.8 Å². The van der Waals surface area contributed by atoms with Gasteiger partial charge in [0, 0.05) is 38.9 Å². The Hall–Kier alpha value is -2.81. The number of sulfonamides is 1. The molecule has 1 aliphatic rings. The normalized spacial score (nSPS) is 15.6. The van der Waals surface area contributed by atoms with Gasteiger partial charge in [0.15, 0.2) is 0 Å². The predicted molar refractivity (Wildman–Crippen MR) is 115 cm³/mol.